The molecule has 0 fully saturated rings. The Balaban J connectivity index is 2.23. The summed E-state index contributed by atoms with van der Waals surface area (Å²) < 4.78 is 1.84. The Bertz CT molecular complexity index is 494. The van der Waals surface area contributed by atoms with Crippen molar-refractivity contribution in [1.82, 2.24) is 14.8 Å². The van der Waals surface area contributed by atoms with Gasteiger partial charge in [-0.05, 0) is 25.1 Å². The van der Waals surface area contributed by atoms with Gasteiger partial charge in [0.2, 0.25) is 0 Å². The number of hydrogen-bond donors (Lipinski definition) is 2. The van der Waals surface area contributed by atoms with Crippen molar-refractivity contribution >= 4 is 17.6 Å². The topological polar surface area (TPSA) is 68.8 Å². The summed E-state index contributed by atoms with van der Waals surface area (Å²) in [5.74, 6) is 5.96. The molecule has 6 heteroatoms. The third kappa shape index (κ3) is 2.34. The molecule has 0 atom stereocenters. The summed E-state index contributed by atoms with van der Waals surface area (Å²) in [5.41, 5.74) is 3.52. The van der Waals surface area contributed by atoms with Crippen LogP contribution < -0.4 is 11.3 Å². The number of hydrogen-bond acceptors (Lipinski definition) is 5. The molecule has 0 saturated heterocycles. The van der Waals surface area contributed by atoms with Gasteiger partial charge < -0.3 is 5.43 Å². The van der Waals surface area contributed by atoms with Crippen LogP contribution >= 0.6 is 11.8 Å². The standard InChI is InChI=1S/C10H13N5S/c1-7-6-10(15(2)14-7)16-9-5-3-4-8(12-9)13-11/h3-6H,11H2,1-2H3,(H,12,13). The summed E-state index contributed by atoms with van der Waals surface area (Å²) >= 11 is 1.56. The number of nitrogens with two attached hydrogens (primary N) is 1. The molecule has 0 aliphatic carbocycles. The summed E-state index contributed by atoms with van der Waals surface area (Å²) in [6, 6.07) is 7.69. The lowest BCUT2D eigenvalue weighted by atomic mass is 10.5. The Labute approximate surface area is 98.0 Å². The number of nitrogens with one attached hydrogen (secondary N) is 1. The van der Waals surface area contributed by atoms with Crippen molar-refractivity contribution < 1.29 is 0 Å². The molecule has 2 heterocycles. The van der Waals surface area contributed by atoms with E-state index in [1.165, 1.54) is 0 Å². The van der Waals surface area contributed by atoms with Crippen LogP contribution in [0.1, 0.15) is 5.69 Å². The number of rotatable bonds is 3. The Kier molecular flexibility index (Phi) is 3.12. The highest BCUT2D eigenvalue weighted by molar-refractivity contribution is 7.99. The van der Waals surface area contributed by atoms with Gasteiger partial charge in [0.1, 0.15) is 15.9 Å². The summed E-state index contributed by atoms with van der Waals surface area (Å²) in [7, 11) is 1.92. The van der Waals surface area contributed by atoms with Gasteiger partial charge in [-0.1, -0.05) is 17.8 Å². The van der Waals surface area contributed by atoms with Gasteiger partial charge >= 0.3 is 0 Å². The third-order valence-corrected chi connectivity index (χ3v) is 3.07. The second kappa shape index (κ2) is 4.54. The van der Waals surface area contributed by atoms with E-state index in [2.05, 4.69) is 15.5 Å². The number of anilines is 1. The Morgan fingerprint density at radius 2 is 2.25 bits per heavy atom. The molecule has 0 bridgehead atoms. The molecule has 0 amide bonds. The van der Waals surface area contributed by atoms with Crippen LogP contribution in [0.3, 0.4) is 0 Å². The van der Waals surface area contributed by atoms with Crippen LogP contribution in [0, 0.1) is 6.92 Å². The van der Waals surface area contributed by atoms with Crippen LogP contribution in [0.15, 0.2) is 34.3 Å². The molecule has 16 heavy (non-hydrogen) atoms. The van der Waals surface area contributed by atoms with E-state index in [1.807, 2.05) is 42.9 Å². The maximum Gasteiger partial charge on any atom is 0.141 e. The zero-order chi connectivity index (χ0) is 11.5. The fraction of sp³-hybridized carbons (Fsp3) is 0.200. The largest absolute Gasteiger partial charge is 0.308 e. The van der Waals surface area contributed by atoms with Crippen molar-refractivity contribution in [3.63, 3.8) is 0 Å². The lowest BCUT2D eigenvalue weighted by Crippen LogP contribution is -2.08. The number of hydrazine groups is 1. The number of aromatic nitrogens is 3. The fourth-order valence-electron chi connectivity index (χ4n) is 1.34. The average Bonchev–Trinajstić information content (AvgIpc) is 2.58. The molecular weight excluding hydrogens is 222 g/mol. The van der Waals surface area contributed by atoms with E-state index < -0.39 is 0 Å². The van der Waals surface area contributed by atoms with Crippen molar-refractivity contribution in [2.75, 3.05) is 5.43 Å². The number of nitrogens with zero attached hydrogens (tertiary/aromatic N) is 3. The predicted octanol–water partition coefficient (Wildman–Crippen LogP) is 1.56. The van der Waals surface area contributed by atoms with Crippen molar-refractivity contribution in [3.05, 3.63) is 30.0 Å². The molecule has 0 aliphatic heterocycles. The molecular formula is C10H13N5S. The predicted molar refractivity (Wildman–Crippen MR) is 64.1 cm³/mol. The molecule has 0 unspecified atom stereocenters. The number of nitrogen functional groups attached to an aromatic ring is 1. The maximum atomic E-state index is 5.31. The van der Waals surface area contributed by atoms with Gasteiger partial charge in [-0.2, -0.15) is 5.10 Å². The molecule has 2 aromatic heterocycles. The Morgan fingerprint density at radius 1 is 1.44 bits per heavy atom. The van der Waals surface area contributed by atoms with Crippen LogP contribution in [0.25, 0.3) is 0 Å². The molecule has 2 rings (SSSR count). The minimum absolute atomic E-state index is 0.656. The highest BCUT2D eigenvalue weighted by Crippen LogP contribution is 2.26. The smallest absolute Gasteiger partial charge is 0.141 e. The van der Waals surface area contributed by atoms with Gasteiger partial charge in [-0.15, -0.1) is 0 Å². The number of pyridine rings is 1. The van der Waals surface area contributed by atoms with E-state index in [0.717, 1.165) is 15.7 Å². The van der Waals surface area contributed by atoms with Gasteiger partial charge in [0, 0.05) is 7.05 Å². The van der Waals surface area contributed by atoms with E-state index in [9.17, 15) is 0 Å². The third-order valence-electron chi connectivity index (χ3n) is 2.04. The zero-order valence-corrected chi connectivity index (χ0v) is 9.95. The maximum absolute atomic E-state index is 5.31. The number of aryl methyl sites for hydroxylation is 2. The summed E-state index contributed by atoms with van der Waals surface area (Å²) in [5, 5.41) is 6.22. The highest BCUT2D eigenvalue weighted by atomic mass is 32.2. The second-order valence-corrected chi connectivity index (χ2v) is 4.40. The molecule has 2 aromatic rings. The molecule has 5 nitrogen and oxygen atoms in total. The molecule has 3 N–H and O–H groups in total. The van der Waals surface area contributed by atoms with Gasteiger partial charge in [0.05, 0.1) is 5.69 Å². The minimum Gasteiger partial charge on any atom is -0.308 e. The Morgan fingerprint density at radius 3 is 2.88 bits per heavy atom. The fourth-order valence-corrected chi connectivity index (χ4v) is 2.25. The normalized spacial score (nSPS) is 10.4. The zero-order valence-electron chi connectivity index (χ0n) is 9.14. The van der Waals surface area contributed by atoms with Gasteiger partial charge in [0.15, 0.2) is 0 Å². The highest BCUT2D eigenvalue weighted by Gasteiger charge is 2.05. The summed E-state index contributed by atoms with van der Waals surface area (Å²) in [4.78, 5) is 4.32. The first-order valence-electron chi connectivity index (χ1n) is 4.81. The monoisotopic (exact) mass is 235 g/mol. The minimum atomic E-state index is 0.656. The van der Waals surface area contributed by atoms with Crippen molar-refractivity contribution in [3.8, 4) is 0 Å². The van der Waals surface area contributed by atoms with Crippen molar-refractivity contribution in [2.24, 2.45) is 12.9 Å². The SMILES string of the molecule is Cc1cc(Sc2cccc(NN)n2)n(C)n1. The van der Waals surface area contributed by atoms with Crippen LogP contribution in [0.2, 0.25) is 0 Å². The van der Waals surface area contributed by atoms with E-state index in [-0.39, 0.29) is 0 Å². The molecule has 0 spiro atoms. The van der Waals surface area contributed by atoms with Crippen LogP contribution in [-0.2, 0) is 7.05 Å². The van der Waals surface area contributed by atoms with E-state index >= 15 is 0 Å². The average molecular weight is 235 g/mol. The van der Waals surface area contributed by atoms with Crippen molar-refractivity contribution in [2.45, 2.75) is 17.0 Å². The first-order valence-corrected chi connectivity index (χ1v) is 5.63. The lowest BCUT2D eigenvalue weighted by molar-refractivity contribution is 0.692. The van der Waals surface area contributed by atoms with E-state index in [0.29, 0.717) is 5.82 Å². The van der Waals surface area contributed by atoms with Crippen LogP contribution in [-0.4, -0.2) is 14.8 Å². The van der Waals surface area contributed by atoms with Crippen molar-refractivity contribution in [1.29, 1.82) is 0 Å². The van der Waals surface area contributed by atoms with Gasteiger partial charge in [-0.25, -0.2) is 10.8 Å². The molecule has 0 aliphatic rings. The molecule has 0 radical (unpaired) electrons. The first kappa shape index (κ1) is 11.0. The first-order chi connectivity index (χ1) is 7.69. The van der Waals surface area contributed by atoms with Gasteiger partial charge in [0.25, 0.3) is 0 Å². The lowest BCUT2D eigenvalue weighted by Gasteiger charge is -2.03. The van der Waals surface area contributed by atoms with E-state index in [4.69, 9.17) is 5.84 Å². The molecule has 0 aromatic carbocycles. The Hall–Kier alpha value is -1.53. The van der Waals surface area contributed by atoms with Gasteiger partial charge in [-0.3, -0.25) is 4.68 Å². The van der Waals surface area contributed by atoms with E-state index in [1.54, 1.807) is 11.8 Å². The molecule has 84 valence electrons. The van der Waals surface area contributed by atoms with Crippen LogP contribution in [0.5, 0.6) is 0 Å². The summed E-state index contributed by atoms with van der Waals surface area (Å²) in [6.45, 7) is 1.97. The van der Waals surface area contributed by atoms with Crippen LogP contribution in [0.4, 0.5) is 5.82 Å². The second-order valence-electron chi connectivity index (χ2n) is 3.36. The summed E-state index contributed by atoms with van der Waals surface area (Å²) in [6.07, 6.45) is 0. The molecule has 0 saturated carbocycles. The quantitative estimate of drug-likeness (QED) is 0.624.